The van der Waals surface area contributed by atoms with Crippen molar-refractivity contribution in [1.29, 1.82) is 0 Å². The van der Waals surface area contributed by atoms with Crippen molar-refractivity contribution in [3.8, 4) is 0 Å². The molecule has 0 saturated carbocycles. The first-order chi connectivity index (χ1) is 9.36. The summed E-state index contributed by atoms with van der Waals surface area (Å²) in [5.41, 5.74) is 2.48. The topological polar surface area (TPSA) is 16.1 Å². The first kappa shape index (κ1) is 12.9. The van der Waals surface area contributed by atoms with Gasteiger partial charge in [-0.3, -0.25) is 9.88 Å². The van der Waals surface area contributed by atoms with E-state index in [2.05, 4.69) is 34.1 Å². The second-order valence-electron chi connectivity index (χ2n) is 5.35. The molecule has 1 aromatic heterocycles. The Morgan fingerprint density at radius 1 is 1.26 bits per heavy atom. The second kappa shape index (κ2) is 5.89. The van der Waals surface area contributed by atoms with Gasteiger partial charge in [-0.05, 0) is 43.0 Å². The molecule has 1 aliphatic rings. The zero-order chi connectivity index (χ0) is 13.1. The van der Waals surface area contributed by atoms with Crippen LogP contribution < -0.4 is 0 Å². The summed E-state index contributed by atoms with van der Waals surface area (Å²) in [7, 11) is 0. The SMILES string of the molecule is ClCCC1CCN(Cc2ccnc3ccccc23)C1. The number of fused-ring (bicyclic) bond motifs is 1. The van der Waals surface area contributed by atoms with Crippen LogP contribution in [-0.2, 0) is 6.54 Å². The van der Waals surface area contributed by atoms with E-state index in [9.17, 15) is 0 Å². The average Bonchev–Trinajstić information content (AvgIpc) is 2.87. The minimum absolute atomic E-state index is 0.783. The number of benzene rings is 1. The summed E-state index contributed by atoms with van der Waals surface area (Å²) in [4.78, 5) is 6.97. The molecule has 1 unspecified atom stereocenters. The van der Waals surface area contributed by atoms with Crippen LogP contribution in [0.15, 0.2) is 36.5 Å². The molecule has 0 bridgehead atoms. The molecule has 0 N–H and O–H groups in total. The molecule has 0 radical (unpaired) electrons. The van der Waals surface area contributed by atoms with Crippen LogP contribution in [0.25, 0.3) is 10.9 Å². The first-order valence-electron chi connectivity index (χ1n) is 6.98. The summed E-state index contributed by atoms with van der Waals surface area (Å²) in [6.45, 7) is 3.41. The van der Waals surface area contributed by atoms with Crippen LogP contribution >= 0.6 is 11.6 Å². The monoisotopic (exact) mass is 274 g/mol. The Morgan fingerprint density at radius 3 is 3.05 bits per heavy atom. The molecule has 0 amide bonds. The smallest absolute Gasteiger partial charge is 0.0705 e. The van der Waals surface area contributed by atoms with Crippen molar-refractivity contribution in [2.75, 3.05) is 19.0 Å². The van der Waals surface area contributed by atoms with Crippen LogP contribution in [0.2, 0.25) is 0 Å². The third-order valence-corrected chi connectivity index (χ3v) is 4.24. The Hall–Kier alpha value is -1.12. The van der Waals surface area contributed by atoms with E-state index in [0.29, 0.717) is 0 Å². The van der Waals surface area contributed by atoms with Gasteiger partial charge in [-0.1, -0.05) is 18.2 Å². The Labute approximate surface area is 119 Å². The van der Waals surface area contributed by atoms with E-state index in [1.165, 1.54) is 30.5 Å². The zero-order valence-electron chi connectivity index (χ0n) is 11.1. The molecule has 2 aromatic rings. The van der Waals surface area contributed by atoms with Gasteiger partial charge in [0, 0.05) is 30.6 Å². The van der Waals surface area contributed by atoms with E-state index in [1.807, 2.05) is 12.3 Å². The molecular formula is C16H19ClN2. The van der Waals surface area contributed by atoms with Gasteiger partial charge < -0.3 is 0 Å². The van der Waals surface area contributed by atoms with Gasteiger partial charge in [0.15, 0.2) is 0 Å². The van der Waals surface area contributed by atoms with Gasteiger partial charge in [-0.2, -0.15) is 0 Å². The number of aromatic nitrogens is 1. The predicted molar refractivity (Wildman–Crippen MR) is 80.5 cm³/mol. The molecule has 1 atom stereocenters. The normalized spacial score (nSPS) is 20.2. The van der Waals surface area contributed by atoms with Crippen molar-refractivity contribution < 1.29 is 0 Å². The molecule has 2 nitrogen and oxygen atoms in total. The van der Waals surface area contributed by atoms with Gasteiger partial charge in [0.05, 0.1) is 5.52 Å². The third-order valence-electron chi connectivity index (χ3n) is 4.02. The maximum absolute atomic E-state index is 5.84. The summed E-state index contributed by atoms with van der Waals surface area (Å²) >= 11 is 5.84. The lowest BCUT2D eigenvalue weighted by molar-refractivity contribution is 0.316. The van der Waals surface area contributed by atoms with Gasteiger partial charge in [0.1, 0.15) is 0 Å². The average molecular weight is 275 g/mol. The van der Waals surface area contributed by atoms with E-state index in [4.69, 9.17) is 11.6 Å². The number of pyridine rings is 1. The Morgan fingerprint density at radius 2 is 2.16 bits per heavy atom. The van der Waals surface area contributed by atoms with Gasteiger partial charge in [-0.25, -0.2) is 0 Å². The minimum Gasteiger partial charge on any atom is -0.299 e. The molecule has 0 spiro atoms. The largest absolute Gasteiger partial charge is 0.299 e. The quantitative estimate of drug-likeness (QED) is 0.791. The fraction of sp³-hybridized carbons (Fsp3) is 0.438. The van der Waals surface area contributed by atoms with Crippen molar-refractivity contribution in [2.45, 2.75) is 19.4 Å². The zero-order valence-corrected chi connectivity index (χ0v) is 11.8. The lowest BCUT2D eigenvalue weighted by Crippen LogP contribution is -2.20. The number of likely N-dealkylation sites (tertiary alicyclic amines) is 1. The number of rotatable bonds is 4. The highest BCUT2D eigenvalue weighted by molar-refractivity contribution is 6.17. The number of hydrogen-bond donors (Lipinski definition) is 0. The number of hydrogen-bond acceptors (Lipinski definition) is 2. The fourth-order valence-electron chi connectivity index (χ4n) is 2.98. The predicted octanol–water partition coefficient (Wildman–Crippen LogP) is 3.69. The molecule has 0 aliphatic carbocycles. The molecule has 2 heterocycles. The molecule has 1 aromatic carbocycles. The standard InChI is InChI=1S/C16H19ClN2/c17-8-5-13-7-10-19(11-13)12-14-6-9-18-16-4-2-1-3-15(14)16/h1-4,6,9,13H,5,7-8,10-12H2. The molecular weight excluding hydrogens is 256 g/mol. The number of nitrogens with zero attached hydrogens (tertiary/aromatic N) is 2. The van der Waals surface area contributed by atoms with Crippen LogP contribution in [0, 0.1) is 5.92 Å². The van der Waals surface area contributed by atoms with Gasteiger partial charge in [0.2, 0.25) is 0 Å². The fourth-order valence-corrected chi connectivity index (χ4v) is 3.29. The summed E-state index contributed by atoms with van der Waals surface area (Å²) in [5.74, 6) is 1.57. The Kier molecular flexibility index (Phi) is 4.00. The summed E-state index contributed by atoms with van der Waals surface area (Å²) in [6, 6.07) is 10.5. The van der Waals surface area contributed by atoms with Gasteiger partial charge in [-0.15, -0.1) is 11.6 Å². The number of para-hydroxylation sites is 1. The highest BCUT2D eigenvalue weighted by Gasteiger charge is 2.22. The summed E-state index contributed by atoms with van der Waals surface area (Å²) in [5, 5.41) is 1.28. The van der Waals surface area contributed by atoms with Crippen LogP contribution in [0.4, 0.5) is 0 Å². The summed E-state index contributed by atoms with van der Waals surface area (Å²) in [6.07, 6.45) is 4.36. The van der Waals surface area contributed by atoms with Crippen molar-refractivity contribution in [2.24, 2.45) is 5.92 Å². The van der Waals surface area contributed by atoms with Crippen molar-refractivity contribution in [1.82, 2.24) is 9.88 Å². The number of halogens is 1. The molecule has 19 heavy (non-hydrogen) atoms. The van der Waals surface area contributed by atoms with Crippen LogP contribution in [0.5, 0.6) is 0 Å². The first-order valence-corrected chi connectivity index (χ1v) is 7.51. The van der Waals surface area contributed by atoms with Crippen molar-refractivity contribution in [3.05, 3.63) is 42.1 Å². The maximum atomic E-state index is 5.84. The Balaban J connectivity index is 1.75. The van der Waals surface area contributed by atoms with E-state index >= 15 is 0 Å². The van der Waals surface area contributed by atoms with Gasteiger partial charge in [0.25, 0.3) is 0 Å². The molecule has 3 heteroatoms. The molecule has 1 saturated heterocycles. The third kappa shape index (κ3) is 2.90. The van der Waals surface area contributed by atoms with Crippen LogP contribution in [0.1, 0.15) is 18.4 Å². The molecule has 1 fully saturated rings. The molecule has 1 aliphatic heterocycles. The van der Waals surface area contributed by atoms with Gasteiger partial charge >= 0.3 is 0 Å². The lowest BCUT2D eigenvalue weighted by Gasteiger charge is -2.17. The maximum Gasteiger partial charge on any atom is 0.0705 e. The van der Waals surface area contributed by atoms with Crippen LogP contribution in [0.3, 0.4) is 0 Å². The van der Waals surface area contributed by atoms with Crippen molar-refractivity contribution in [3.63, 3.8) is 0 Å². The molecule has 3 rings (SSSR count). The van der Waals surface area contributed by atoms with E-state index < -0.39 is 0 Å². The number of alkyl halides is 1. The van der Waals surface area contributed by atoms with E-state index in [0.717, 1.165) is 30.3 Å². The minimum atomic E-state index is 0.783. The second-order valence-corrected chi connectivity index (χ2v) is 5.73. The highest BCUT2D eigenvalue weighted by atomic mass is 35.5. The lowest BCUT2D eigenvalue weighted by atomic mass is 10.1. The van der Waals surface area contributed by atoms with E-state index in [-0.39, 0.29) is 0 Å². The van der Waals surface area contributed by atoms with Crippen molar-refractivity contribution >= 4 is 22.5 Å². The van der Waals surface area contributed by atoms with Crippen LogP contribution in [-0.4, -0.2) is 28.9 Å². The Bertz CT molecular complexity index is 550. The van der Waals surface area contributed by atoms with E-state index in [1.54, 1.807) is 0 Å². The molecule has 100 valence electrons. The highest BCUT2D eigenvalue weighted by Crippen LogP contribution is 2.24. The summed E-state index contributed by atoms with van der Waals surface area (Å²) < 4.78 is 0.